The summed E-state index contributed by atoms with van der Waals surface area (Å²) in [5.74, 6) is -4.37. The van der Waals surface area contributed by atoms with E-state index in [1.54, 1.807) is 0 Å². The predicted molar refractivity (Wildman–Crippen MR) is 56.6 cm³/mol. The molecule has 1 spiro atoms. The molecule has 0 aromatic rings. The zero-order valence-electron chi connectivity index (χ0n) is 10.5. The van der Waals surface area contributed by atoms with Gasteiger partial charge in [0.05, 0.1) is 0 Å². The fraction of sp³-hybridized carbons (Fsp3) is 0.923. The lowest BCUT2D eigenvalue weighted by Crippen LogP contribution is -2.48. The Hall–Kier alpha value is -0.750. The van der Waals surface area contributed by atoms with Crippen molar-refractivity contribution < 1.29 is 31.1 Å². The quantitative estimate of drug-likeness (QED) is 0.701. The van der Waals surface area contributed by atoms with Gasteiger partial charge in [-0.1, -0.05) is 0 Å². The molecule has 0 aliphatic heterocycles. The van der Waals surface area contributed by atoms with Crippen LogP contribution in [0.1, 0.15) is 32.1 Å². The number of rotatable bonds is 2. The highest BCUT2D eigenvalue weighted by Crippen LogP contribution is 2.70. The van der Waals surface area contributed by atoms with Crippen LogP contribution in [0, 0.1) is 29.1 Å². The van der Waals surface area contributed by atoms with E-state index in [0.717, 1.165) is 0 Å². The number of hydrogen-bond acceptors (Lipinski definition) is 1. The van der Waals surface area contributed by atoms with Gasteiger partial charge in [0.2, 0.25) is 0 Å². The molecule has 0 amide bonds. The molecule has 7 heteroatoms. The van der Waals surface area contributed by atoms with Crippen LogP contribution in [0.5, 0.6) is 0 Å². The van der Waals surface area contributed by atoms with Gasteiger partial charge in [0.1, 0.15) is 5.78 Å². The molecule has 2 bridgehead atoms. The zero-order valence-corrected chi connectivity index (χ0v) is 10.5. The van der Waals surface area contributed by atoms with E-state index in [1.165, 1.54) is 0 Å². The summed E-state index contributed by atoms with van der Waals surface area (Å²) in [5.41, 5.74) is -0.545. The normalized spacial score (nSPS) is 40.1. The summed E-state index contributed by atoms with van der Waals surface area (Å²) in [6.45, 7) is 0. The Balaban J connectivity index is 1.80. The highest BCUT2D eigenvalue weighted by Gasteiger charge is 2.68. The Morgan fingerprint density at radius 2 is 1.75 bits per heavy atom. The summed E-state index contributed by atoms with van der Waals surface area (Å²) in [6, 6.07) is 0. The summed E-state index contributed by atoms with van der Waals surface area (Å²) in [5, 5.41) is 0. The van der Waals surface area contributed by atoms with Crippen LogP contribution in [-0.2, 0) is 4.79 Å². The molecule has 1 nitrogen and oxygen atoms in total. The van der Waals surface area contributed by atoms with E-state index >= 15 is 0 Å². The molecule has 0 saturated heterocycles. The number of carbonyl (C=O) groups is 1. The topological polar surface area (TPSA) is 17.1 Å². The van der Waals surface area contributed by atoms with Crippen LogP contribution >= 0.6 is 0 Å². The lowest BCUT2D eigenvalue weighted by Gasteiger charge is -2.50. The van der Waals surface area contributed by atoms with Crippen molar-refractivity contribution in [3.63, 3.8) is 0 Å². The van der Waals surface area contributed by atoms with Gasteiger partial charge >= 0.3 is 12.4 Å². The average molecular weight is 300 g/mol. The van der Waals surface area contributed by atoms with Crippen molar-refractivity contribution in [2.45, 2.75) is 44.5 Å². The third-order valence-corrected chi connectivity index (χ3v) is 5.66. The lowest BCUT2D eigenvalue weighted by atomic mass is 9.54. The molecule has 20 heavy (non-hydrogen) atoms. The van der Waals surface area contributed by atoms with Gasteiger partial charge in [-0.05, 0) is 43.4 Å². The van der Waals surface area contributed by atoms with Crippen molar-refractivity contribution in [2.24, 2.45) is 29.1 Å². The number of alkyl halides is 6. The summed E-state index contributed by atoms with van der Waals surface area (Å²) in [4.78, 5) is 11.8. The highest BCUT2D eigenvalue weighted by atomic mass is 19.4. The Morgan fingerprint density at radius 1 is 1.15 bits per heavy atom. The van der Waals surface area contributed by atoms with Gasteiger partial charge in [-0.15, -0.1) is 0 Å². The summed E-state index contributed by atoms with van der Waals surface area (Å²) >= 11 is 0. The van der Waals surface area contributed by atoms with Gasteiger partial charge in [-0.2, -0.15) is 26.3 Å². The molecular formula is C13H14F6O. The standard InChI is InChI=1S/C13H14F6O/c14-12(15,16)9(13(17,18)19)4-7-3-6-5-11(7)2-1-8(11)10(6)20/h6-9H,1-5H2. The molecule has 3 rings (SSSR count). The van der Waals surface area contributed by atoms with Crippen LogP contribution in [-0.4, -0.2) is 18.1 Å². The Bertz CT molecular complexity index is 425. The minimum Gasteiger partial charge on any atom is -0.299 e. The SMILES string of the molecule is O=C1C2CC(CC(C(F)(F)F)C(F)(F)F)C3(CCC13)C2. The largest absolute Gasteiger partial charge is 0.400 e. The summed E-state index contributed by atoms with van der Waals surface area (Å²) in [7, 11) is 0. The molecule has 114 valence electrons. The van der Waals surface area contributed by atoms with Crippen LogP contribution in [0.2, 0.25) is 0 Å². The second-order valence-corrected chi connectivity index (χ2v) is 6.43. The van der Waals surface area contributed by atoms with E-state index in [1.807, 2.05) is 0 Å². The Morgan fingerprint density at radius 3 is 2.15 bits per heavy atom. The molecule has 0 heterocycles. The van der Waals surface area contributed by atoms with Crippen LogP contribution < -0.4 is 0 Å². The molecule has 4 atom stereocenters. The zero-order chi connectivity index (χ0) is 14.9. The van der Waals surface area contributed by atoms with Crippen molar-refractivity contribution in [1.82, 2.24) is 0 Å². The molecule has 3 aliphatic carbocycles. The van der Waals surface area contributed by atoms with Crippen LogP contribution in [0.4, 0.5) is 26.3 Å². The highest BCUT2D eigenvalue weighted by molar-refractivity contribution is 5.89. The van der Waals surface area contributed by atoms with E-state index in [2.05, 4.69) is 0 Å². The maximum atomic E-state index is 12.6. The van der Waals surface area contributed by atoms with E-state index < -0.39 is 36.0 Å². The molecule has 0 N–H and O–H groups in total. The second-order valence-electron chi connectivity index (χ2n) is 6.43. The lowest BCUT2D eigenvalue weighted by molar-refractivity contribution is -0.291. The van der Waals surface area contributed by atoms with Crippen molar-refractivity contribution >= 4 is 5.78 Å². The van der Waals surface area contributed by atoms with Gasteiger partial charge in [0.15, 0.2) is 5.92 Å². The van der Waals surface area contributed by atoms with Crippen molar-refractivity contribution in [3.05, 3.63) is 0 Å². The summed E-state index contributed by atoms with van der Waals surface area (Å²) in [6.07, 6.45) is -9.49. The van der Waals surface area contributed by atoms with E-state index in [-0.39, 0.29) is 24.0 Å². The number of hydrogen-bond donors (Lipinski definition) is 0. The molecule has 0 radical (unpaired) electrons. The van der Waals surface area contributed by atoms with Crippen LogP contribution in [0.15, 0.2) is 0 Å². The van der Waals surface area contributed by atoms with Crippen LogP contribution in [0.3, 0.4) is 0 Å². The van der Waals surface area contributed by atoms with Crippen molar-refractivity contribution in [2.75, 3.05) is 0 Å². The van der Waals surface area contributed by atoms with Gasteiger partial charge in [-0.3, -0.25) is 4.79 Å². The Labute approximate surface area is 111 Å². The maximum absolute atomic E-state index is 12.6. The van der Waals surface area contributed by atoms with Gasteiger partial charge in [0, 0.05) is 11.8 Å². The fourth-order valence-electron chi connectivity index (χ4n) is 4.67. The monoisotopic (exact) mass is 300 g/mol. The first-order chi connectivity index (χ1) is 9.06. The van der Waals surface area contributed by atoms with Gasteiger partial charge in [-0.25, -0.2) is 0 Å². The molecule has 0 aromatic heterocycles. The smallest absolute Gasteiger partial charge is 0.299 e. The van der Waals surface area contributed by atoms with Crippen molar-refractivity contribution in [1.29, 1.82) is 0 Å². The minimum atomic E-state index is -5.26. The van der Waals surface area contributed by atoms with Crippen molar-refractivity contribution in [3.8, 4) is 0 Å². The maximum Gasteiger partial charge on any atom is 0.400 e. The van der Waals surface area contributed by atoms with E-state index in [4.69, 9.17) is 0 Å². The third kappa shape index (κ3) is 1.80. The number of ketones is 1. The molecule has 3 fully saturated rings. The number of Topliss-reactive ketones (excluding diaryl/α,β-unsaturated/α-hetero) is 1. The van der Waals surface area contributed by atoms with E-state index in [0.29, 0.717) is 19.3 Å². The van der Waals surface area contributed by atoms with E-state index in [9.17, 15) is 31.1 Å². The molecule has 3 saturated carbocycles. The first-order valence-electron chi connectivity index (χ1n) is 6.73. The molecule has 3 aliphatic rings. The van der Waals surface area contributed by atoms with Gasteiger partial charge < -0.3 is 0 Å². The van der Waals surface area contributed by atoms with Crippen LogP contribution in [0.25, 0.3) is 0 Å². The minimum absolute atomic E-state index is 0.0723. The number of halogens is 6. The number of carbonyl (C=O) groups excluding carboxylic acids is 1. The molecule has 0 aromatic carbocycles. The third-order valence-electron chi connectivity index (χ3n) is 5.66. The Kier molecular flexibility index (Phi) is 2.78. The van der Waals surface area contributed by atoms with Gasteiger partial charge in [0.25, 0.3) is 0 Å². The molecular weight excluding hydrogens is 286 g/mol. The first-order valence-corrected chi connectivity index (χ1v) is 6.73. The first kappa shape index (κ1) is 14.2. The average Bonchev–Trinajstić information content (AvgIpc) is 2.68. The fourth-order valence-corrected chi connectivity index (χ4v) is 4.67. The molecule has 4 unspecified atom stereocenters. The number of fused-ring (bicyclic) bond motifs is 1. The second kappa shape index (κ2) is 3.91. The predicted octanol–water partition coefficient (Wildman–Crippen LogP) is 4.12. The summed E-state index contributed by atoms with van der Waals surface area (Å²) < 4.78 is 75.8.